The standard InChI is InChI=1S/C31H25BO2S/c1-31(2,3)18-11-15-24-23(16-18)32-22-14-13-21-20-12-10-17-6-4-7-19(17)29(20)35-30(21)28(22)34-26-9-5-8-25(33-24)27(26)32/h5,8-16H,4,6-7H2,1-3H3. The average Bonchev–Trinajstić information content (AvgIpc) is 3.47. The quantitative estimate of drug-likeness (QED) is 0.233. The summed E-state index contributed by atoms with van der Waals surface area (Å²) in [5.41, 5.74) is 8.12. The van der Waals surface area contributed by atoms with Crippen LogP contribution in [0, 0.1) is 0 Å². The van der Waals surface area contributed by atoms with Crippen LogP contribution in [0.25, 0.3) is 20.2 Å². The zero-order valence-electron chi connectivity index (χ0n) is 20.2. The third-order valence-corrected chi connectivity index (χ3v) is 9.39. The van der Waals surface area contributed by atoms with Crippen molar-refractivity contribution in [1.29, 1.82) is 0 Å². The lowest BCUT2D eigenvalue weighted by molar-refractivity contribution is 0.467. The van der Waals surface area contributed by atoms with Crippen LogP contribution in [0.1, 0.15) is 43.9 Å². The van der Waals surface area contributed by atoms with Gasteiger partial charge < -0.3 is 9.47 Å². The summed E-state index contributed by atoms with van der Waals surface area (Å²) in [6.07, 6.45) is 3.67. The summed E-state index contributed by atoms with van der Waals surface area (Å²) < 4.78 is 15.9. The third-order valence-electron chi connectivity index (χ3n) is 8.11. The minimum atomic E-state index is 0.0681. The van der Waals surface area contributed by atoms with Crippen LogP contribution < -0.4 is 25.9 Å². The van der Waals surface area contributed by atoms with Crippen molar-refractivity contribution in [2.75, 3.05) is 0 Å². The van der Waals surface area contributed by atoms with Crippen LogP contribution in [-0.4, -0.2) is 6.71 Å². The minimum absolute atomic E-state index is 0.0681. The van der Waals surface area contributed by atoms with Gasteiger partial charge in [0.25, 0.3) is 6.71 Å². The van der Waals surface area contributed by atoms with Gasteiger partial charge >= 0.3 is 0 Å². The Kier molecular flexibility index (Phi) is 3.83. The summed E-state index contributed by atoms with van der Waals surface area (Å²) in [5.74, 6) is 3.80. The first kappa shape index (κ1) is 20.0. The van der Waals surface area contributed by atoms with Gasteiger partial charge in [0.05, 0.1) is 4.70 Å². The molecule has 0 amide bonds. The van der Waals surface area contributed by atoms with Gasteiger partial charge in [0.2, 0.25) is 0 Å². The van der Waals surface area contributed by atoms with E-state index in [-0.39, 0.29) is 12.1 Å². The maximum Gasteiger partial charge on any atom is 0.260 e. The van der Waals surface area contributed by atoms with Crippen molar-refractivity contribution in [3.8, 4) is 23.0 Å². The van der Waals surface area contributed by atoms with Crippen LogP contribution in [0.4, 0.5) is 0 Å². The molecule has 0 spiro atoms. The Bertz CT molecular complexity index is 1720. The number of hydrogen-bond acceptors (Lipinski definition) is 3. The largest absolute Gasteiger partial charge is 0.458 e. The molecule has 8 rings (SSSR count). The van der Waals surface area contributed by atoms with E-state index >= 15 is 0 Å². The molecule has 0 N–H and O–H groups in total. The van der Waals surface area contributed by atoms with Gasteiger partial charge in [-0.2, -0.15) is 0 Å². The molecule has 2 aliphatic heterocycles. The van der Waals surface area contributed by atoms with Crippen molar-refractivity contribution in [2.45, 2.75) is 45.4 Å². The Morgan fingerprint density at radius 1 is 0.771 bits per heavy atom. The van der Waals surface area contributed by atoms with Crippen molar-refractivity contribution in [3.05, 3.63) is 77.4 Å². The molecule has 35 heavy (non-hydrogen) atoms. The van der Waals surface area contributed by atoms with Crippen LogP contribution in [0.2, 0.25) is 0 Å². The molecule has 1 aromatic heterocycles. The monoisotopic (exact) mass is 472 g/mol. The van der Waals surface area contributed by atoms with E-state index in [2.05, 4.69) is 75.4 Å². The highest BCUT2D eigenvalue weighted by molar-refractivity contribution is 7.26. The smallest absolute Gasteiger partial charge is 0.260 e. The molecular formula is C31H25BO2S. The molecule has 3 aliphatic rings. The van der Waals surface area contributed by atoms with E-state index in [0.717, 1.165) is 28.5 Å². The van der Waals surface area contributed by atoms with Crippen LogP contribution in [0.15, 0.2) is 60.7 Å². The molecule has 2 nitrogen and oxygen atoms in total. The Balaban J connectivity index is 1.43. The van der Waals surface area contributed by atoms with Crippen molar-refractivity contribution in [2.24, 2.45) is 0 Å². The zero-order valence-corrected chi connectivity index (χ0v) is 21.0. The number of fused-ring (bicyclic) bond motifs is 10. The maximum atomic E-state index is 6.73. The van der Waals surface area contributed by atoms with Gasteiger partial charge in [-0.1, -0.05) is 63.2 Å². The highest BCUT2D eigenvalue weighted by atomic mass is 32.1. The second-order valence-corrected chi connectivity index (χ2v) is 12.2. The first-order chi connectivity index (χ1) is 17.0. The van der Waals surface area contributed by atoms with Crippen molar-refractivity contribution in [1.82, 2.24) is 0 Å². The predicted octanol–water partition coefficient (Wildman–Crippen LogP) is 6.57. The summed E-state index contributed by atoms with van der Waals surface area (Å²) >= 11 is 1.92. The molecule has 4 heteroatoms. The van der Waals surface area contributed by atoms with Gasteiger partial charge in [-0.15, -0.1) is 11.3 Å². The normalized spacial score (nSPS) is 15.3. The zero-order chi connectivity index (χ0) is 23.5. The van der Waals surface area contributed by atoms with E-state index in [4.69, 9.17) is 9.47 Å². The average molecular weight is 472 g/mol. The van der Waals surface area contributed by atoms with Crippen LogP contribution >= 0.6 is 11.3 Å². The van der Waals surface area contributed by atoms with Gasteiger partial charge in [0.1, 0.15) is 23.0 Å². The fraction of sp³-hybridized carbons (Fsp3) is 0.226. The molecule has 4 aromatic carbocycles. The second-order valence-electron chi connectivity index (χ2n) is 11.2. The number of thiophene rings is 1. The number of aryl methyl sites for hydroxylation is 2. The Labute approximate surface area is 209 Å². The van der Waals surface area contributed by atoms with E-state index in [1.165, 1.54) is 61.5 Å². The molecule has 0 saturated heterocycles. The van der Waals surface area contributed by atoms with E-state index in [9.17, 15) is 0 Å². The number of benzene rings is 4. The Morgan fingerprint density at radius 2 is 1.57 bits per heavy atom. The Hall–Kier alpha value is -3.24. The van der Waals surface area contributed by atoms with Gasteiger partial charge in [-0.05, 0) is 70.5 Å². The van der Waals surface area contributed by atoms with E-state index in [1.54, 1.807) is 5.56 Å². The first-order valence-corrected chi connectivity index (χ1v) is 13.4. The summed E-state index contributed by atoms with van der Waals surface area (Å²) in [6, 6.07) is 22.3. The van der Waals surface area contributed by atoms with Crippen molar-refractivity contribution in [3.63, 3.8) is 0 Å². The van der Waals surface area contributed by atoms with Gasteiger partial charge in [-0.25, -0.2) is 0 Å². The molecule has 0 fully saturated rings. The maximum absolute atomic E-state index is 6.73. The molecule has 0 radical (unpaired) electrons. The van der Waals surface area contributed by atoms with Crippen LogP contribution in [0.5, 0.6) is 23.0 Å². The first-order valence-electron chi connectivity index (χ1n) is 12.6. The SMILES string of the molecule is CC(C)(C)c1ccc2c(c1)B1c3ccc4c(sc5c6c(ccc54)CCC6)c3Oc3cccc(c31)O2. The van der Waals surface area contributed by atoms with E-state index in [1.807, 2.05) is 17.4 Å². The Morgan fingerprint density at radius 3 is 2.43 bits per heavy atom. The van der Waals surface area contributed by atoms with Crippen molar-refractivity contribution < 1.29 is 9.47 Å². The van der Waals surface area contributed by atoms with Gasteiger partial charge in [0, 0.05) is 20.9 Å². The van der Waals surface area contributed by atoms with Gasteiger partial charge in [-0.3, -0.25) is 0 Å². The lowest BCUT2D eigenvalue weighted by Gasteiger charge is -2.34. The number of ether oxygens (including phenoxy) is 2. The fourth-order valence-corrected chi connectivity index (χ4v) is 7.70. The molecule has 0 atom stereocenters. The minimum Gasteiger partial charge on any atom is -0.458 e. The summed E-state index contributed by atoms with van der Waals surface area (Å²) in [6.45, 7) is 6.93. The molecule has 0 unspecified atom stereocenters. The van der Waals surface area contributed by atoms with E-state index in [0.29, 0.717) is 0 Å². The van der Waals surface area contributed by atoms with Crippen molar-refractivity contribution >= 4 is 54.6 Å². The topological polar surface area (TPSA) is 18.5 Å². The third kappa shape index (κ3) is 2.66. The van der Waals surface area contributed by atoms with Gasteiger partial charge in [0.15, 0.2) is 0 Å². The summed E-state index contributed by atoms with van der Waals surface area (Å²) in [7, 11) is 0. The lowest BCUT2D eigenvalue weighted by Crippen LogP contribution is -2.57. The molecule has 0 saturated carbocycles. The summed E-state index contributed by atoms with van der Waals surface area (Å²) in [4.78, 5) is 0. The molecule has 5 aromatic rings. The highest BCUT2D eigenvalue weighted by Crippen LogP contribution is 2.45. The molecule has 1 aliphatic carbocycles. The highest BCUT2D eigenvalue weighted by Gasteiger charge is 2.41. The lowest BCUT2D eigenvalue weighted by atomic mass is 9.34. The van der Waals surface area contributed by atoms with E-state index < -0.39 is 0 Å². The predicted molar refractivity (Wildman–Crippen MR) is 148 cm³/mol. The van der Waals surface area contributed by atoms with Crippen LogP contribution in [0.3, 0.4) is 0 Å². The molecule has 170 valence electrons. The molecule has 3 heterocycles. The fourth-order valence-electron chi connectivity index (χ4n) is 6.31. The second kappa shape index (κ2) is 6.70. The molecule has 0 bridgehead atoms. The molecular weight excluding hydrogens is 447 g/mol. The number of rotatable bonds is 0. The van der Waals surface area contributed by atoms with Crippen LogP contribution in [-0.2, 0) is 18.3 Å². The number of hydrogen-bond donors (Lipinski definition) is 0. The summed E-state index contributed by atoms with van der Waals surface area (Å²) in [5, 5.41) is 2.69.